The molecule has 5 nitrogen and oxygen atoms in total. The molecule has 0 heterocycles. The van der Waals surface area contributed by atoms with E-state index in [0.717, 1.165) is 12.8 Å². The maximum Gasteiger partial charge on any atom is 0.320 e. The third kappa shape index (κ3) is 9.65. The Labute approximate surface area is 90.8 Å². The van der Waals surface area contributed by atoms with Crippen molar-refractivity contribution in [1.82, 2.24) is 5.32 Å². The lowest BCUT2D eigenvalue weighted by Crippen LogP contribution is -2.34. The van der Waals surface area contributed by atoms with Gasteiger partial charge in [-0.1, -0.05) is 0 Å². The molecule has 5 heteroatoms. The van der Waals surface area contributed by atoms with Crippen molar-refractivity contribution in [3.05, 3.63) is 0 Å². The SMILES string of the molecule is COCCOCCCCNC(C)C(=O)O. The minimum atomic E-state index is -0.814. The third-order valence-electron chi connectivity index (χ3n) is 1.97. The Morgan fingerprint density at radius 2 is 2.07 bits per heavy atom. The highest BCUT2D eigenvalue weighted by atomic mass is 16.5. The molecule has 1 atom stereocenters. The van der Waals surface area contributed by atoms with E-state index in [0.29, 0.717) is 26.4 Å². The molecule has 0 aliphatic carbocycles. The largest absolute Gasteiger partial charge is 0.480 e. The van der Waals surface area contributed by atoms with Gasteiger partial charge in [0.05, 0.1) is 13.2 Å². The number of carbonyl (C=O) groups is 1. The van der Waals surface area contributed by atoms with E-state index in [-0.39, 0.29) is 0 Å². The van der Waals surface area contributed by atoms with Gasteiger partial charge in [0.2, 0.25) is 0 Å². The van der Waals surface area contributed by atoms with Crippen LogP contribution in [-0.4, -0.2) is 50.6 Å². The second kappa shape index (κ2) is 9.89. The standard InChI is InChI=1S/C10H21NO4/c1-9(10(12)13)11-5-3-4-6-15-8-7-14-2/h9,11H,3-8H2,1-2H3,(H,12,13). The van der Waals surface area contributed by atoms with Gasteiger partial charge < -0.3 is 19.9 Å². The number of aliphatic carboxylic acids is 1. The Morgan fingerprint density at radius 1 is 1.33 bits per heavy atom. The fourth-order valence-corrected chi connectivity index (χ4v) is 0.979. The van der Waals surface area contributed by atoms with Gasteiger partial charge in [0.25, 0.3) is 0 Å². The van der Waals surface area contributed by atoms with Crippen molar-refractivity contribution in [3.63, 3.8) is 0 Å². The summed E-state index contributed by atoms with van der Waals surface area (Å²) >= 11 is 0. The molecule has 2 N–H and O–H groups in total. The minimum Gasteiger partial charge on any atom is -0.480 e. The quantitative estimate of drug-likeness (QED) is 0.523. The summed E-state index contributed by atoms with van der Waals surface area (Å²) in [6.45, 7) is 4.29. The maximum absolute atomic E-state index is 10.4. The molecule has 0 bridgehead atoms. The summed E-state index contributed by atoms with van der Waals surface area (Å²) < 4.78 is 10.1. The molecule has 0 amide bonds. The second-order valence-corrected chi connectivity index (χ2v) is 3.33. The van der Waals surface area contributed by atoms with Gasteiger partial charge in [0.1, 0.15) is 6.04 Å². The third-order valence-corrected chi connectivity index (χ3v) is 1.97. The Hall–Kier alpha value is -0.650. The maximum atomic E-state index is 10.4. The average Bonchev–Trinajstić information content (AvgIpc) is 2.21. The van der Waals surface area contributed by atoms with Gasteiger partial charge in [-0.2, -0.15) is 0 Å². The van der Waals surface area contributed by atoms with Crippen LogP contribution in [0, 0.1) is 0 Å². The van der Waals surface area contributed by atoms with Crippen molar-refractivity contribution in [3.8, 4) is 0 Å². The number of hydrogen-bond donors (Lipinski definition) is 2. The average molecular weight is 219 g/mol. The summed E-state index contributed by atoms with van der Waals surface area (Å²) in [6.07, 6.45) is 1.85. The molecule has 90 valence electrons. The predicted octanol–water partition coefficient (Wildman–Crippen LogP) is 0.492. The number of unbranched alkanes of at least 4 members (excludes halogenated alkanes) is 1. The fourth-order valence-electron chi connectivity index (χ4n) is 0.979. The zero-order chi connectivity index (χ0) is 11.5. The van der Waals surface area contributed by atoms with Gasteiger partial charge >= 0.3 is 5.97 Å². The van der Waals surface area contributed by atoms with Crippen LogP contribution in [0.3, 0.4) is 0 Å². The molecule has 0 spiro atoms. The molecule has 0 aliphatic rings. The van der Waals surface area contributed by atoms with E-state index in [2.05, 4.69) is 5.32 Å². The van der Waals surface area contributed by atoms with Crippen LogP contribution < -0.4 is 5.32 Å². The van der Waals surface area contributed by atoms with Crippen LogP contribution in [0.4, 0.5) is 0 Å². The van der Waals surface area contributed by atoms with E-state index in [1.165, 1.54) is 0 Å². The topological polar surface area (TPSA) is 67.8 Å². The molecule has 0 aliphatic heterocycles. The van der Waals surface area contributed by atoms with E-state index in [1.807, 2.05) is 0 Å². The van der Waals surface area contributed by atoms with Crippen molar-refractivity contribution in [2.45, 2.75) is 25.8 Å². The van der Waals surface area contributed by atoms with Crippen LogP contribution >= 0.6 is 0 Å². The smallest absolute Gasteiger partial charge is 0.320 e. The summed E-state index contributed by atoms with van der Waals surface area (Å²) in [5.41, 5.74) is 0. The first-order chi connectivity index (χ1) is 7.18. The summed E-state index contributed by atoms with van der Waals surface area (Å²) in [5.74, 6) is -0.814. The Kier molecular flexibility index (Phi) is 9.46. The second-order valence-electron chi connectivity index (χ2n) is 3.33. The molecular weight excluding hydrogens is 198 g/mol. The van der Waals surface area contributed by atoms with Crippen LogP contribution in [0.2, 0.25) is 0 Å². The Balaban J connectivity index is 3.08. The molecule has 0 saturated heterocycles. The first-order valence-corrected chi connectivity index (χ1v) is 5.21. The fraction of sp³-hybridized carbons (Fsp3) is 0.900. The normalized spacial score (nSPS) is 12.7. The molecule has 0 radical (unpaired) electrons. The van der Waals surface area contributed by atoms with Gasteiger partial charge in [-0.15, -0.1) is 0 Å². The molecule has 0 fully saturated rings. The lowest BCUT2D eigenvalue weighted by atomic mass is 10.3. The summed E-state index contributed by atoms with van der Waals surface area (Å²) in [5, 5.41) is 11.5. The van der Waals surface area contributed by atoms with E-state index >= 15 is 0 Å². The molecule has 0 aromatic carbocycles. The number of methoxy groups -OCH3 is 1. The summed E-state index contributed by atoms with van der Waals surface area (Å²) in [4.78, 5) is 10.4. The van der Waals surface area contributed by atoms with Crippen LogP contribution in [0.1, 0.15) is 19.8 Å². The highest BCUT2D eigenvalue weighted by Gasteiger charge is 2.07. The van der Waals surface area contributed by atoms with E-state index in [9.17, 15) is 4.79 Å². The van der Waals surface area contributed by atoms with Crippen molar-refractivity contribution < 1.29 is 19.4 Å². The van der Waals surface area contributed by atoms with Gasteiger partial charge in [0.15, 0.2) is 0 Å². The Morgan fingerprint density at radius 3 is 2.67 bits per heavy atom. The number of carboxylic acids is 1. The molecule has 0 aromatic heterocycles. The molecule has 1 unspecified atom stereocenters. The van der Waals surface area contributed by atoms with Crippen molar-refractivity contribution >= 4 is 5.97 Å². The number of rotatable bonds is 10. The van der Waals surface area contributed by atoms with Crippen LogP contribution in [-0.2, 0) is 14.3 Å². The van der Waals surface area contributed by atoms with E-state index < -0.39 is 12.0 Å². The molecule has 0 rings (SSSR count). The number of hydrogen-bond acceptors (Lipinski definition) is 4. The van der Waals surface area contributed by atoms with Gasteiger partial charge in [-0.25, -0.2) is 0 Å². The zero-order valence-corrected chi connectivity index (χ0v) is 9.49. The molecule has 0 saturated carbocycles. The predicted molar refractivity (Wildman–Crippen MR) is 57.0 cm³/mol. The number of carboxylic acid groups (broad SMARTS) is 1. The monoisotopic (exact) mass is 219 g/mol. The van der Waals surface area contributed by atoms with Crippen LogP contribution in [0.15, 0.2) is 0 Å². The highest BCUT2D eigenvalue weighted by Crippen LogP contribution is 1.90. The van der Waals surface area contributed by atoms with Crippen LogP contribution in [0.5, 0.6) is 0 Å². The van der Waals surface area contributed by atoms with Gasteiger partial charge in [-0.3, -0.25) is 4.79 Å². The van der Waals surface area contributed by atoms with Crippen LogP contribution in [0.25, 0.3) is 0 Å². The minimum absolute atomic E-state index is 0.473. The van der Waals surface area contributed by atoms with Crippen molar-refractivity contribution in [2.24, 2.45) is 0 Å². The lowest BCUT2D eigenvalue weighted by molar-refractivity contribution is -0.138. The molecule has 15 heavy (non-hydrogen) atoms. The molecular formula is C10H21NO4. The van der Waals surface area contributed by atoms with Gasteiger partial charge in [-0.05, 0) is 26.3 Å². The van der Waals surface area contributed by atoms with Gasteiger partial charge in [0, 0.05) is 13.7 Å². The van der Waals surface area contributed by atoms with Crippen molar-refractivity contribution in [1.29, 1.82) is 0 Å². The lowest BCUT2D eigenvalue weighted by Gasteiger charge is -2.08. The van der Waals surface area contributed by atoms with E-state index in [4.69, 9.17) is 14.6 Å². The highest BCUT2D eigenvalue weighted by molar-refractivity contribution is 5.72. The number of nitrogens with one attached hydrogen (secondary N) is 1. The molecule has 0 aromatic rings. The number of ether oxygens (including phenoxy) is 2. The summed E-state index contributed by atoms with van der Waals surface area (Å²) in [7, 11) is 1.64. The van der Waals surface area contributed by atoms with Crippen molar-refractivity contribution in [2.75, 3.05) is 33.5 Å². The first-order valence-electron chi connectivity index (χ1n) is 5.21. The summed E-state index contributed by atoms with van der Waals surface area (Å²) in [6, 6.07) is -0.473. The zero-order valence-electron chi connectivity index (χ0n) is 9.49. The van der Waals surface area contributed by atoms with E-state index in [1.54, 1.807) is 14.0 Å². The Bertz CT molecular complexity index is 164. The first kappa shape index (κ1) is 14.3.